The number of carbonyl (C=O) groups is 1. The summed E-state index contributed by atoms with van der Waals surface area (Å²) in [6.07, 6.45) is 13.4. The molecule has 0 aromatic rings. The summed E-state index contributed by atoms with van der Waals surface area (Å²) in [6.45, 7) is 3.21. The third-order valence-corrected chi connectivity index (χ3v) is 6.05. The molecule has 0 spiro atoms. The molecule has 0 bridgehead atoms. The Bertz CT molecular complexity index is 356. The van der Waals surface area contributed by atoms with E-state index in [1.54, 1.807) is 0 Å². The first-order valence-electron chi connectivity index (χ1n) is 9.97. The number of carbonyl (C=O) groups excluding carboxylic acids is 1. The van der Waals surface area contributed by atoms with Crippen LogP contribution < -0.4 is 10.6 Å². The Balaban J connectivity index is 1.54. The molecular weight excluding hydrogens is 288 g/mol. The van der Waals surface area contributed by atoms with E-state index in [4.69, 9.17) is 4.74 Å². The minimum absolute atomic E-state index is 0.0396. The number of piperidine rings is 1. The topological polar surface area (TPSA) is 50.4 Å². The molecule has 0 amide bonds. The molecule has 1 heterocycles. The van der Waals surface area contributed by atoms with Crippen LogP contribution in [0.3, 0.4) is 0 Å². The van der Waals surface area contributed by atoms with E-state index in [9.17, 15) is 4.79 Å². The molecule has 2 N–H and O–H groups in total. The molecule has 2 aliphatic carbocycles. The fourth-order valence-electron chi connectivity index (χ4n) is 4.53. The zero-order valence-electron chi connectivity index (χ0n) is 14.5. The van der Waals surface area contributed by atoms with Crippen molar-refractivity contribution in [2.75, 3.05) is 19.6 Å². The lowest BCUT2D eigenvalue weighted by Crippen LogP contribution is -2.48. The van der Waals surface area contributed by atoms with E-state index in [1.807, 2.05) is 0 Å². The van der Waals surface area contributed by atoms with Gasteiger partial charge in [0.2, 0.25) is 0 Å². The summed E-state index contributed by atoms with van der Waals surface area (Å²) in [5, 5.41) is 7.05. The van der Waals surface area contributed by atoms with E-state index < -0.39 is 0 Å². The Labute approximate surface area is 141 Å². The number of nitrogens with one attached hydrogen (secondary N) is 2. The van der Waals surface area contributed by atoms with Gasteiger partial charge in [-0.05, 0) is 82.8 Å². The van der Waals surface area contributed by atoms with E-state index in [-0.39, 0.29) is 18.1 Å². The number of esters is 1. The van der Waals surface area contributed by atoms with Gasteiger partial charge in [-0.3, -0.25) is 4.79 Å². The van der Waals surface area contributed by atoms with Crippen LogP contribution in [0.25, 0.3) is 0 Å². The van der Waals surface area contributed by atoms with Crippen LogP contribution in [-0.2, 0) is 9.53 Å². The van der Waals surface area contributed by atoms with Crippen LogP contribution in [0, 0.1) is 11.8 Å². The van der Waals surface area contributed by atoms with Crippen molar-refractivity contribution in [3.63, 3.8) is 0 Å². The molecule has 3 aliphatic rings. The number of ether oxygens (including phenoxy) is 1. The van der Waals surface area contributed by atoms with Crippen LogP contribution in [0.4, 0.5) is 0 Å². The van der Waals surface area contributed by atoms with Crippen LogP contribution in [0.15, 0.2) is 0 Å². The van der Waals surface area contributed by atoms with Gasteiger partial charge in [0.15, 0.2) is 0 Å². The van der Waals surface area contributed by atoms with Gasteiger partial charge in [-0.2, -0.15) is 0 Å². The van der Waals surface area contributed by atoms with Crippen molar-refractivity contribution in [2.45, 2.75) is 82.8 Å². The van der Waals surface area contributed by atoms with E-state index in [2.05, 4.69) is 10.6 Å². The maximum atomic E-state index is 12.8. The largest absolute Gasteiger partial charge is 0.461 e. The molecular formula is C19H34N2O2. The van der Waals surface area contributed by atoms with Crippen molar-refractivity contribution in [1.29, 1.82) is 0 Å². The lowest BCUT2D eigenvalue weighted by atomic mass is 9.83. The van der Waals surface area contributed by atoms with E-state index in [1.165, 1.54) is 57.8 Å². The maximum Gasteiger partial charge on any atom is 0.323 e. The summed E-state index contributed by atoms with van der Waals surface area (Å²) in [6, 6.07) is -0.0641. The van der Waals surface area contributed by atoms with Gasteiger partial charge in [-0.1, -0.05) is 19.3 Å². The van der Waals surface area contributed by atoms with Gasteiger partial charge in [0.05, 0.1) is 0 Å². The summed E-state index contributed by atoms with van der Waals surface area (Å²) in [5.74, 6) is 1.23. The molecule has 0 aromatic heterocycles. The summed E-state index contributed by atoms with van der Waals surface area (Å²) in [4.78, 5) is 12.8. The van der Waals surface area contributed by atoms with Crippen molar-refractivity contribution in [3.8, 4) is 0 Å². The normalized spacial score (nSPS) is 26.3. The van der Waals surface area contributed by atoms with E-state index >= 15 is 0 Å². The molecule has 1 saturated heterocycles. The second-order valence-corrected chi connectivity index (χ2v) is 7.82. The van der Waals surface area contributed by atoms with Gasteiger partial charge in [-0.15, -0.1) is 0 Å². The fourth-order valence-corrected chi connectivity index (χ4v) is 4.53. The predicted molar refractivity (Wildman–Crippen MR) is 92.3 cm³/mol. The average molecular weight is 322 g/mol. The van der Waals surface area contributed by atoms with Crippen LogP contribution in [-0.4, -0.2) is 37.7 Å². The minimum Gasteiger partial charge on any atom is -0.461 e. The number of rotatable bonds is 6. The smallest absolute Gasteiger partial charge is 0.323 e. The van der Waals surface area contributed by atoms with Crippen molar-refractivity contribution in [3.05, 3.63) is 0 Å². The molecule has 3 rings (SSSR count). The molecule has 3 fully saturated rings. The highest BCUT2D eigenvalue weighted by Crippen LogP contribution is 2.29. The highest BCUT2D eigenvalue weighted by atomic mass is 16.5. The Morgan fingerprint density at radius 3 is 2.30 bits per heavy atom. The van der Waals surface area contributed by atoms with E-state index in [0.717, 1.165) is 32.5 Å². The Morgan fingerprint density at radius 2 is 1.61 bits per heavy atom. The molecule has 0 radical (unpaired) electrons. The zero-order valence-corrected chi connectivity index (χ0v) is 14.5. The van der Waals surface area contributed by atoms with Gasteiger partial charge in [0.1, 0.15) is 12.1 Å². The maximum absolute atomic E-state index is 12.8. The van der Waals surface area contributed by atoms with Gasteiger partial charge in [-0.25, -0.2) is 0 Å². The van der Waals surface area contributed by atoms with Crippen molar-refractivity contribution in [1.82, 2.24) is 10.6 Å². The molecule has 132 valence electrons. The third-order valence-electron chi connectivity index (χ3n) is 6.05. The highest BCUT2D eigenvalue weighted by molar-refractivity contribution is 5.76. The molecule has 4 heteroatoms. The molecule has 1 atom stereocenters. The highest BCUT2D eigenvalue weighted by Gasteiger charge is 2.33. The van der Waals surface area contributed by atoms with Gasteiger partial charge in [0.25, 0.3) is 0 Å². The molecule has 23 heavy (non-hydrogen) atoms. The molecule has 0 aromatic carbocycles. The lowest BCUT2D eigenvalue weighted by molar-refractivity contribution is -0.153. The predicted octanol–water partition coefficient (Wildman–Crippen LogP) is 3.01. The van der Waals surface area contributed by atoms with Gasteiger partial charge >= 0.3 is 5.97 Å². The Morgan fingerprint density at radius 1 is 0.957 bits per heavy atom. The van der Waals surface area contributed by atoms with Crippen LogP contribution in [0.5, 0.6) is 0 Å². The molecule has 0 unspecified atom stereocenters. The Hall–Kier alpha value is -0.610. The number of hydrogen-bond acceptors (Lipinski definition) is 4. The minimum atomic E-state index is -0.0641. The molecule has 2 saturated carbocycles. The monoisotopic (exact) mass is 322 g/mol. The lowest BCUT2D eigenvalue weighted by Gasteiger charge is -2.32. The van der Waals surface area contributed by atoms with Crippen LogP contribution >= 0.6 is 0 Å². The van der Waals surface area contributed by atoms with Crippen molar-refractivity contribution >= 4 is 5.97 Å². The van der Waals surface area contributed by atoms with Crippen LogP contribution in [0.1, 0.15) is 70.6 Å². The van der Waals surface area contributed by atoms with Crippen molar-refractivity contribution < 1.29 is 9.53 Å². The molecule has 4 nitrogen and oxygen atoms in total. The van der Waals surface area contributed by atoms with Crippen LogP contribution in [0.2, 0.25) is 0 Å². The Kier molecular flexibility index (Phi) is 6.76. The van der Waals surface area contributed by atoms with Gasteiger partial charge in [0, 0.05) is 0 Å². The fraction of sp³-hybridized carbons (Fsp3) is 0.947. The third kappa shape index (κ3) is 5.18. The second kappa shape index (κ2) is 9.03. The quantitative estimate of drug-likeness (QED) is 0.738. The zero-order chi connectivity index (χ0) is 15.9. The SMILES string of the molecule is O=C(OC1CCCC1)[C@@H](NCC1CCNCC1)C1CCCCC1. The second-order valence-electron chi connectivity index (χ2n) is 7.82. The summed E-state index contributed by atoms with van der Waals surface area (Å²) >= 11 is 0. The number of hydrogen-bond donors (Lipinski definition) is 2. The average Bonchev–Trinajstić information content (AvgIpc) is 3.10. The first kappa shape index (κ1) is 17.2. The van der Waals surface area contributed by atoms with E-state index in [0.29, 0.717) is 11.8 Å². The molecule has 1 aliphatic heterocycles. The first-order chi connectivity index (χ1) is 11.3. The standard InChI is InChI=1S/C19H34N2O2/c22-19(23-17-8-4-5-9-17)18(16-6-2-1-3-7-16)21-14-15-10-12-20-13-11-15/h15-18,20-21H,1-14H2/t18-/m0/s1. The summed E-state index contributed by atoms with van der Waals surface area (Å²) in [5.41, 5.74) is 0. The summed E-state index contributed by atoms with van der Waals surface area (Å²) in [7, 11) is 0. The van der Waals surface area contributed by atoms with Gasteiger partial charge < -0.3 is 15.4 Å². The summed E-state index contributed by atoms with van der Waals surface area (Å²) < 4.78 is 5.85. The first-order valence-corrected chi connectivity index (χ1v) is 9.97. The van der Waals surface area contributed by atoms with Crippen molar-refractivity contribution in [2.24, 2.45) is 11.8 Å².